The minimum Gasteiger partial charge on any atom is -0.354 e. The smallest absolute Gasteiger partial charge is 0.223 e. The van der Waals surface area contributed by atoms with Gasteiger partial charge in [-0.25, -0.2) is 0 Å². The SMILES string of the molecule is NC1(CNC(=O)C2CC=CCC2)CCC1. The maximum absolute atomic E-state index is 11.8. The van der Waals surface area contributed by atoms with E-state index in [1.54, 1.807) is 0 Å². The minimum atomic E-state index is -0.0971. The molecule has 84 valence electrons. The highest BCUT2D eigenvalue weighted by Crippen LogP contribution is 2.28. The van der Waals surface area contributed by atoms with Crippen molar-refractivity contribution in [1.82, 2.24) is 5.32 Å². The standard InChI is InChI=1S/C12H20N2O/c13-12(7-4-8-12)9-14-11(15)10-5-2-1-3-6-10/h1-2,10H,3-9,13H2,(H,14,15). The number of nitrogens with one attached hydrogen (secondary N) is 1. The van der Waals surface area contributed by atoms with E-state index in [4.69, 9.17) is 5.73 Å². The molecule has 2 aliphatic carbocycles. The largest absolute Gasteiger partial charge is 0.354 e. The fraction of sp³-hybridized carbons (Fsp3) is 0.750. The van der Waals surface area contributed by atoms with E-state index in [0.29, 0.717) is 6.54 Å². The summed E-state index contributed by atoms with van der Waals surface area (Å²) in [4.78, 5) is 11.8. The Kier molecular flexibility index (Phi) is 3.10. The van der Waals surface area contributed by atoms with Gasteiger partial charge in [0.05, 0.1) is 0 Å². The first kappa shape index (κ1) is 10.7. The normalized spacial score (nSPS) is 28.2. The molecule has 15 heavy (non-hydrogen) atoms. The summed E-state index contributed by atoms with van der Waals surface area (Å²) in [6.07, 6.45) is 10.5. The molecule has 1 amide bonds. The quantitative estimate of drug-likeness (QED) is 0.688. The molecule has 3 nitrogen and oxygen atoms in total. The van der Waals surface area contributed by atoms with Gasteiger partial charge in [-0.1, -0.05) is 12.2 Å². The van der Waals surface area contributed by atoms with Crippen molar-refractivity contribution < 1.29 is 4.79 Å². The van der Waals surface area contributed by atoms with E-state index in [2.05, 4.69) is 17.5 Å². The molecule has 1 saturated carbocycles. The average Bonchev–Trinajstić information content (AvgIpc) is 2.24. The Balaban J connectivity index is 1.74. The Morgan fingerprint density at radius 2 is 2.27 bits per heavy atom. The van der Waals surface area contributed by atoms with Crippen molar-refractivity contribution in [3.05, 3.63) is 12.2 Å². The molecule has 3 heteroatoms. The van der Waals surface area contributed by atoms with Crippen LogP contribution in [0.25, 0.3) is 0 Å². The average molecular weight is 208 g/mol. The lowest BCUT2D eigenvalue weighted by Crippen LogP contribution is -2.55. The lowest BCUT2D eigenvalue weighted by atomic mass is 9.77. The molecule has 2 rings (SSSR count). The second-order valence-electron chi connectivity index (χ2n) is 4.92. The van der Waals surface area contributed by atoms with Gasteiger partial charge < -0.3 is 11.1 Å². The number of carbonyl (C=O) groups excluding carboxylic acids is 1. The fourth-order valence-corrected chi connectivity index (χ4v) is 2.25. The topological polar surface area (TPSA) is 55.1 Å². The van der Waals surface area contributed by atoms with Crippen LogP contribution in [0, 0.1) is 5.92 Å². The van der Waals surface area contributed by atoms with Crippen molar-refractivity contribution in [1.29, 1.82) is 0 Å². The molecule has 0 aromatic rings. The number of nitrogens with two attached hydrogens (primary N) is 1. The molecule has 0 heterocycles. The van der Waals surface area contributed by atoms with E-state index in [1.165, 1.54) is 6.42 Å². The fourth-order valence-electron chi connectivity index (χ4n) is 2.25. The van der Waals surface area contributed by atoms with E-state index >= 15 is 0 Å². The van der Waals surface area contributed by atoms with Crippen LogP contribution in [0.2, 0.25) is 0 Å². The molecular weight excluding hydrogens is 188 g/mol. The Labute approximate surface area is 91.1 Å². The number of hydrogen-bond donors (Lipinski definition) is 2. The van der Waals surface area contributed by atoms with Crippen molar-refractivity contribution in [2.24, 2.45) is 11.7 Å². The van der Waals surface area contributed by atoms with Gasteiger partial charge in [-0.2, -0.15) is 0 Å². The van der Waals surface area contributed by atoms with Crippen LogP contribution in [0.1, 0.15) is 38.5 Å². The Morgan fingerprint density at radius 3 is 2.80 bits per heavy atom. The molecule has 0 saturated heterocycles. The van der Waals surface area contributed by atoms with Crippen LogP contribution in [-0.4, -0.2) is 18.0 Å². The van der Waals surface area contributed by atoms with Crippen molar-refractivity contribution in [2.45, 2.75) is 44.1 Å². The molecule has 1 unspecified atom stereocenters. The monoisotopic (exact) mass is 208 g/mol. The summed E-state index contributed by atoms with van der Waals surface area (Å²) in [5.41, 5.74) is 5.95. The molecule has 1 atom stereocenters. The summed E-state index contributed by atoms with van der Waals surface area (Å²) in [7, 11) is 0. The third kappa shape index (κ3) is 2.59. The third-order valence-electron chi connectivity index (χ3n) is 3.60. The van der Waals surface area contributed by atoms with Crippen LogP contribution in [-0.2, 0) is 4.79 Å². The molecule has 2 aliphatic rings. The van der Waals surface area contributed by atoms with Crippen molar-refractivity contribution in [3.63, 3.8) is 0 Å². The number of carbonyl (C=O) groups is 1. The number of allylic oxidation sites excluding steroid dienone is 2. The molecule has 0 bridgehead atoms. The molecular formula is C12H20N2O. The van der Waals surface area contributed by atoms with Gasteiger partial charge in [-0.15, -0.1) is 0 Å². The van der Waals surface area contributed by atoms with E-state index < -0.39 is 0 Å². The predicted molar refractivity (Wildman–Crippen MR) is 60.3 cm³/mol. The van der Waals surface area contributed by atoms with Crippen LogP contribution in [0.3, 0.4) is 0 Å². The van der Waals surface area contributed by atoms with Crippen LogP contribution in [0.15, 0.2) is 12.2 Å². The van der Waals surface area contributed by atoms with Gasteiger partial charge in [0.25, 0.3) is 0 Å². The van der Waals surface area contributed by atoms with Crippen molar-refractivity contribution >= 4 is 5.91 Å². The summed E-state index contributed by atoms with van der Waals surface area (Å²) in [6.45, 7) is 0.659. The maximum atomic E-state index is 11.8. The molecule has 1 fully saturated rings. The van der Waals surface area contributed by atoms with E-state index in [9.17, 15) is 4.79 Å². The van der Waals surface area contributed by atoms with Gasteiger partial charge in [-0.3, -0.25) is 4.79 Å². The lowest BCUT2D eigenvalue weighted by Gasteiger charge is -2.38. The first-order valence-corrected chi connectivity index (χ1v) is 5.91. The summed E-state index contributed by atoms with van der Waals surface area (Å²) < 4.78 is 0. The zero-order chi connectivity index (χ0) is 10.7. The van der Waals surface area contributed by atoms with Crippen LogP contribution in [0.5, 0.6) is 0 Å². The second kappa shape index (κ2) is 4.35. The number of rotatable bonds is 3. The first-order valence-electron chi connectivity index (χ1n) is 5.91. The summed E-state index contributed by atoms with van der Waals surface area (Å²) in [5.74, 6) is 0.370. The highest BCUT2D eigenvalue weighted by atomic mass is 16.1. The van der Waals surface area contributed by atoms with E-state index in [0.717, 1.165) is 32.1 Å². The summed E-state index contributed by atoms with van der Waals surface area (Å²) >= 11 is 0. The zero-order valence-electron chi connectivity index (χ0n) is 9.17. The Bertz CT molecular complexity index is 269. The van der Waals surface area contributed by atoms with Gasteiger partial charge in [-0.05, 0) is 38.5 Å². The predicted octanol–water partition coefficient (Wildman–Crippen LogP) is 1.34. The molecule has 0 aliphatic heterocycles. The second-order valence-corrected chi connectivity index (χ2v) is 4.92. The highest BCUT2D eigenvalue weighted by Gasteiger charge is 2.33. The van der Waals surface area contributed by atoms with Crippen molar-refractivity contribution in [2.75, 3.05) is 6.54 Å². The van der Waals surface area contributed by atoms with Gasteiger partial charge in [0.15, 0.2) is 0 Å². The van der Waals surface area contributed by atoms with E-state index in [-0.39, 0.29) is 17.4 Å². The molecule has 0 aromatic heterocycles. The van der Waals surface area contributed by atoms with Gasteiger partial charge >= 0.3 is 0 Å². The van der Waals surface area contributed by atoms with Crippen molar-refractivity contribution in [3.8, 4) is 0 Å². The summed E-state index contributed by atoms with van der Waals surface area (Å²) in [6, 6.07) is 0. The maximum Gasteiger partial charge on any atom is 0.223 e. The van der Waals surface area contributed by atoms with Crippen LogP contribution in [0.4, 0.5) is 0 Å². The number of amides is 1. The zero-order valence-corrected chi connectivity index (χ0v) is 9.17. The minimum absolute atomic E-state index is 0.0971. The van der Waals surface area contributed by atoms with Gasteiger partial charge in [0.1, 0.15) is 0 Å². The van der Waals surface area contributed by atoms with Gasteiger partial charge in [0.2, 0.25) is 5.91 Å². The summed E-state index contributed by atoms with van der Waals surface area (Å²) in [5, 5.41) is 3.00. The van der Waals surface area contributed by atoms with Crippen LogP contribution >= 0.6 is 0 Å². The lowest BCUT2D eigenvalue weighted by molar-refractivity contribution is -0.125. The number of hydrogen-bond acceptors (Lipinski definition) is 2. The first-order chi connectivity index (χ1) is 7.20. The van der Waals surface area contributed by atoms with E-state index in [1.807, 2.05) is 0 Å². The molecule has 3 N–H and O–H groups in total. The third-order valence-corrected chi connectivity index (χ3v) is 3.60. The highest BCUT2D eigenvalue weighted by molar-refractivity contribution is 5.79. The molecule has 0 radical (unpaired) electrons. The Morgan fingerprint density at radius 1 is 1.47 bits per heavy atom. The van der Waals surface area contributed by atoms with Gasteiger partial charge in [0, 0.05) is 18.0 Å². The Hall–Kier alpha value is -0.830. The van der Waals surface area contributed by atoms with Crippen LogP contribution < -0.4 is 11.1 Å². The molecule has 0 aromatic carbocycles. The molecule has 0 spiro atoms.